The first-order chi connectivity index (χ1) is 12.6. The van der Waals surface area contributed by atoms with Crippen LogP contribution in [-0.4, -0.2) is 43.0 Å². The summed E-state index contributed by atoms with van der Waals surface area (Å²) < 4.78 is 23.6. The first-order valence-corrected chi connectivity index (χ1v) is 8.39. The van der Waals surface area contributed by atoms with E-state index < -0.39 is 6.10 Å². The van der Waals surface area contributed by atoms with E-state index in [0.717, 1.165) is 16.9 Å². The predicted octanol–water partition coefficient (Wildman–Crippen LogP) is 2.85. The van der Waals surface area contributed by atoms with Crippen LogP contribution in [0.3, 0.4) is 0 Å². The van der Waals surface area contributed by atoms with E-state index in [2.05, 4.69) is 10.8 Å². The lowest BCUT2D eigenvalue weighted by Gasteiger charge is -2.25. The zero-order valence-corrected chi connectivity index (χ0v) is 14.9. The second kappa shape index (κ2) is 10.6. The minimum absolute atomic E-state index is 0.169. The number of benzene rings is 2. The highest BCUT2D eigenvalue weighted by Gasteiger charge is 2.14. The summed E-state index contributed by atoms with van der Waals surface area (Å²) in [5.74, 6) is 2.89. The number of aliphatic hydroxyl groups excluding tert-OH is 1. The molecule has 0 saturated heterocycles. The van der Waals surface area contributed by atoms with Gasteiger partial charge in [0.15, 0.2) is 0 Å². The van der Waals surface area contributed by atoms with Gasteiger partial charge in [0.1, 0.15) is 18.2 Å². The van der Waals surface area contributed by atoms with Crippen LogP contribution in [0.4, 0.5) is 4.39 Å². The maximum Gasteiger partial charge on any atom is 0.123 e. The van der Waals surface area contributed by atoms with Gasteiger partial charge in [-0.1, -0.05) is 30.2 Å². The van der Waals surface area contributed by atoms with Crippen LogP contribution in [0.2, 0.25) is 0 Å². The summed E-state index contributed by atoms with van der Waals surface area (Å²) in [4.78, 5) is 2.08. The number of rotatable bonds is 10. The van der Waals surface area contributed by atoms with Gasteiger partial charge in [0.2, 0.25) is 0 Å². The van der Waals surface area contributed by atoms with Gasteiger partial charge in [0.05, 0.1) is 19.8 Å². The van der Waals surface area contributed by atoms with Gasteiger partial charge in [-0.05, 0) is 35.4 Å². The van der Waals surface area contributed by atoms with Gasteiger partial charge >= 0.3 is 0 Å². The fraction of sp³-hybridized carbons (Fsp3) is 0.333. The molecule has 0 unspecified atom stereocenters. The largest absolute Gasteiger partial charge is 0.497 e. The number of nitrogens with zero attached hydrogens (tertiary/aromatic N) is 1. The molecule has 1 N–H and O–H groups in total. The lowest BCUT2D eigenvalue weighted by atomic mass is 10.1. The zero-order chi connectivity index (χ0) is 18.8. The van der Waals surface area contributed by atoms with E-state index in [-0.39, 0.29) is 19.0 Å². The second-order valence-electron chi connectivity index (χ2n) is 6.02. The monoisotopic (exact) mass is 357 g/mol. The van der Waals surface area contributed by atoms with Crippen LogP contribution < -0.4 is 4.74 Å². The van der Waals surface area contributed by atoms with Gasteiger partial charge < -0.3 is 14.6 Å². The van der Waals surface area contributed by atoms with E-state index in [1.807, 2.05) is 24.3 Å². The average molecular weight is 357 g/mol. The Morgan fingerprint density at radius 3 is 2.58 bits per heavy atom. The van der Waals surface area contributed by atoms with Crippen LogP contribution in [-0.2, 0) is 17.8 Å². The molecular formula is C21H24FNO3. The molecule has 1 atom stereocenters. The third kappa shape index (κ3) is 6.85. The van der Waals surface area contributed by atoms with Gasteiger partial charge in [-0.3, -0.25) is 4.90 Å². The molecule has 2 aromatic rings. The Morgan fingerprint density at radius 1 is 1.15 bits per heavy atom. The molecule has 0 heterocycles. The van der Waals surface area contributed by atoms with Crippen molar-refractivity contribution in [1.29, 1.82) is 0 Å². The molecule has 0 spiro atoms. The molecule has 0 aromatic heterocycles. The van der Waals surface area contributed by atoms with Gasteiger partial charge in [-0.15, -0.1) is 6.42 Å². The molecular weight excluding hydrogens is 333 g/mol. The Labute approximate surface area is 154 Å². The molecule has 26 heavy (non-hydrogen) atoms. The highest BCUT2D eigenvalue weighted by molar-refractivity contribution is 5.28. The average Bonchev–Trinajstić information content (AvgIpc) is 2.64. The summed E-state index contributed by atoms with van der Waals surface area (Å²) in [5.41, 5.74) is 2.02. The molecule has 0 aliphatic rings. The summed E-state index contributed by atoms with van der Waals surface area (Å²) in [6.45, 7) is 1.93. The van der Waals surface area contributed by atoms with Gasteiger partial charge in [0, 0.05) is 19.6 Å². The van der Waals surface area contributed by atoms with Gasteiger partial charge in [-0.25, -0.2) is 4.39 Å². The molecule has 5 heteroatoms. The SMILES string of the molecule is C#CCOC[C@@H](O)CN(Cc1ccc(F)cc1)Cc1cccc(OC)c1. The van der Waals surface area contributed by atoms with E-state index in [1.54, 1.807) is 19.2 Å². The van der Waals surface area contributed by atoms with Crippen molar-refractivity contribution in [2.24, 2.45) is 0 Å². The fourth-order valence-corrected chi connectivity index (χ4v) is 2.67. The number of methoxy groups -OCH3 is 1. The second-order valence-corrected chi connectivity index (χ2v) is 6.02. The van der Waals surface area contributed by atoms with Gasteiger partial charge in [0.25, 0.3) is 0 Å². The van der Waals surface area contributed by atoms with E-state index in [4.69, 9.17) is 15.9 Å². The van der Waals surface area contributed by atoms with Crippen molar-refractivity contribution in [3.8, 4) is 18.1 Å². The smallest absolute Gasteiger partial charge is 0.123 e. The lowest BCUT2D eigenvalue weighted by molar-refractivity contribution is 0.0243. The number of halogens is 1. The highest BCUT2D eigenvalue weighted by atomic mass is 19.1. The first kappa shape index (κ1) is 19.9. The number of aliphatic hydroxyl groups is 1. The van der Waals surface area contributed by atoms with Crippen LogP contribution in [0.25, 0.3) is 0 Å². The third-order valence-corrected chi connectivity index (χ3v) is 3.82. The van der Waals surface area contributed by atoms with Crippen molar-refractivity contribution in [3.05, 3.63) is 65.5 Å². The molecule has 0 bridgehead atoms. The third-order valence-electron chi connectivity index (χ3n) is 3.82. The Hall–Kier alpha value is -2.39. The van der Waals surface area contributed by atoms with E-state index >= 15 is 0 Å². The van der Waals surface area contributed by atoms with Crippen molar-refractivity contribution in [3.63, 3.8) is 0 Å². The zero-order valence-electron chi connectivity index (χ0n) is 14.9. The number of hydrogen-bond donors (Lipinski definition) is 1. The highest BCUT2D eigenvalue weighted by Crippen LogP contribution is 2.16. The maximum atomic E-state index is 13.1. The van der Waals surface area contributed by atoms with E-state index in [9.17, 15) is 9.50 Å². The van der Waals surface area contributed by atoms with E-state index in [0.29, 0.717) is 19.6 Å². The van der Waals surface area contributed by atoms with Crippen LogP contribution in [0.1, 0.15) is 11.1 Å². The van der Waals surface area contributed by atoms with Crippen molar-refractivity contribution < 1.29 is 19.0 Å². The molecule has 2 rings (SSSR count). The minimum Gasteiger partial charge on any atom is -0.497 e. The predicted molar refractivity (Wildman–Crippen MR) is 99.2 cm³/mol. The van der Waals surface area contributed by atoms with Crippen LogP contribution in [0.5, 0.6) is 5.75 Å². The minimum atomic E-state index is -0.672. The maximum absolute atomic E-state index is 13.1. The number of hydrogen-bond acceptors (Lipinski definition) is 4. The van der Waals surface area contributed by atoms with Crippen molar-refractivity contribution in [2.75, 3.05) is 26.9 Å². The summed E-state index contributed by atoms with van der Waals surface area (Å²) in [6, 6.07) is 14.1. The Kier molecular flexibility index (Phi) is 8.10. The Morgan fingerprint density at radius 2 is 1.88 bits per heavy atom. The fourth-order valence-electron chi connectivity index (χ4n) is 2.67. The summed E-state index contributed by atoms with van der Waals surface area (Å²) in [5, 5.41) is 10.2. The summed E-state index contributed by atoms with van der Waals surface area (Å²) in [7, 11) is 1.63. The number of ether oxygens (including phenoxy) is 2. The standard InChI is InChI=1S/C21H24FNO3/c1-3-11-26-16-20(24)15-23(13-17-7-9-19(22)10-8-17)14-18-5-4-6-21(12-18)25-2/h1,4-10,12,20,24H,11,13-16H2,2H3/t20-/m0/s1. The molecule has 0 saturated carbocycles. The normalized spacial score (nSPS) is 12.0. The summed E-state index contributed by atoms with van der Waals surface area (Å²) >= 11 is 0. The van der Waals surface area contributed by atoms with Crippen molar-refractivity contribution >= 4 is 0 Å². The number of terminal acetylenes is 1. The van der Waals surface area contributed by atoms with E-state index in [1.165, 1.54) is 12.1 Å². The van der Waals surface area contributed by atoms with Crippen LogP contribution in [0, 0.1) is 18.2 Å². The van der Waals surface area contributed by atoms with Crippen LogP contribution >= 0.6 is 0 Å². The molecule has 0 fully saturated rings. The van der Waals surface area contributed by atoms with Gasteiger partial charge in [-0.2, -0.15) is 0 Å². The summed E-state index contributed by atoms with van der Waals surface area (Å²) in [6.07, 6.45) is 4.48. The quantitative estimate of drug-likeness (QED) is 0.524. The Balaban J connectivity index is 2.06. The topological polar surface area (TPSA) is 41.9 Å². The van der Waals surface area contributed by atoms with Crippen molar-refractivity contribution in [1.82, 2.24) is 4.90 Å². The molecule has 0 aliphatic carbocycles. The molecule has 4 nitrogen and oxygen atoms in total. The molecule has 138 valence electrons. The molecule has 0 radical (unpaired) electrons. The lowest BCUT2D eigenvalue weighted by Crippen LogP contribution is -2.34. The van der Waals surface area contributed by atoms with Crippen molar-refractivity contribution in [2.45, 2.75) is 19.2 Å². The molecule has 2 aromatic carbocycles. The molecule has 0 aliphatic heterocycles. The Bertz CT molecular complexity index is 712. The molecule has 0 amide bonds. The first-order valence-electron chi connectivity index (χ1n) is 8.39. The van der Waals surface area contributed by atoms with Crippen LogP contribution in [0.15, 0.2) is 48.5 Å².